The van der Waals surface area contributed by atoms with Gasteiger partial charge in [-0.25, -0.2) is 0 Å². The van der Waals surface area contributed by atoms with E-state index >= 15 is 0 Å². The second-order valence-corrected chi connectivity index (χ2v) is 5.81. The minimum absolute atomic E-state index is 0.122. The van der Waals surface area contributed by atoms with Crippen LogP contribution in [0.3, 0.4) is 0 Å². The first-order valence-corrected chi connectivity index (χ1v) is 8.59. The number of hydrogen-bond donors (Lipinski definition) is 2. The maximum Gasteiger partial charge on any atom is 0.273 e. The van der Waals surface area contributed by atoms with Crippen LogP contribution in [0.1, 0.15) is 26.6 Å². The molecule has 0 aliphatic rings. The Bertz CT molecular complexity index is 949. The van der Waals surface area contributed by atoms with Gasteiger partial charge in [-0.15, -0.1) is 6.58 Å². The third-order valence-corrected chi connectivity index (χ3v) is 3.73. The zero-order valence-corrected chi connectivity index (χ0v) is 15.1. The van der Waals surface area contributed by atoms with Crippen molar-refractivity contribution in [1.82, 2.24) is 10.5 Å². The van der Waals surface area contributed by atoms with Crippen LogP contribution in [0.5, 0.6) is 5.75 Å². The summed E-state index contributed by atoms with van der Waals surface area (Å²) in [6.07, 6.45) is 1.58. The molecule has 7 nitrogen and oxygen atoms in total. The molecule has 0 atom stereocenters. The molecule has 0 aliphatic heterocycles. The van der Waals surface area contributed by atoms with Crippen LogP contribution in [-0.2, 0) is 6.61 Å². The maximum absolute atomic E-state index is 12.1. The van der Waals surface area contributed by atoms with Gasteiger partial charge < -0.3 is 19.9 Å². The van der Waals surface area contributed by atoms with E-state index in [9.17, 15) is 9.59 Å². The molecule has 0 unspecified atom stereocenters. The van der Waals surface area contributed by atoms with Gasteiger partial charge in [0, 0.05) is 23.9 Å². The summed E-state index contributed by atoms with van der Waals surface area (Å²) in [6.45, 7) is 4.00. The van der Waals surface area contributed by atoms with Gasteiger partial charge in [-0.3, -0.25) is 9.59 Å². The highest BCUT2D eigenvalue weighted by atomic mass is 16.5. The summed E-state index contributed by atoms with van der Waals surface area (Å²) in [5, 5.41) is 9.14. The number of hydrogen-bond acceptors (Lipinski definition) is 5. The van der Waals surface area contributed by atoms with Gasteiger partial charge in [0.25, 0.3) is 11.8 Å². The Morgan fingerprint density at radius 2 is 1.82 bits per heavy atom. The van der Waals surface area contributed by atoms with Gasteiger partial charge in [-0.2, -0.15) is 0 Å². The summed E-state index contributed by atoms with van der Waals surface area (Å²) in [5.41, 5.74) is 1.42. The van der Waals surface area contributed by atoms with Crippen molar-refractivity contribution in [2.24, 2.45) is 0 Å². The fourth-order valence-electron chi connectivity index (χ4n) is 2.33. The molecule has 0 aliphatic carbocycles. The van der Waals surface area contributed by atoms with Crippen LogP contribution >= 0.6 is 0 Å². The number of carbonyl (C=O) groups excluding carboxylic acids is 2. The lowest BCUT2D eigenvalue weighted by atomic mass is 10.2. The van der Waals surface area contributed by atoms with Crippen molar-refractivity contribution in [2.75, 3.05) is 11.9 Å². The van der Waals surface area contributed by atoms with Crippen molar-refractivity contribution < 1.29 is 18.8 Å². The van der Waals surface area contributed by atoms with E-state index in [2.05, 4.69) is 22.4 Å². The SMILES string of the molecule is C=CCNC(=O)c1cc(COc2ccc(NC(=O)c3ccccc3)cc2)on1. The summed E-state index contributed by atoms with van der Waals surface area (Å²) >= 11 is 0. The molecule has 2 N–H and O–H groups in total. The van der Waals surface area contributed by atoms with Crippen LogP contribution in [0.2, 0.25) is 0 Å². The third kappa shape index (κ3) is 5.07. The molecule has 2 aromatic carbocycles. The van der Waals surface area contributed by atoms with E-state index in [0.717, 1.165) is 0 Å². The Morgan fingerprint density at radius 1 is 1.07 bits per heavy atom. The van der Waals surface area contributed by atoms with E-state index in [0.29, 0.717) is 29.3 Å². The Hall–Kier alpha value is -3.87. The van der Waals surface area contributed by atoms with E-state index in [4.69, 9.17) is 9.26 Å². The highest BCUT2D eigenvalue weighted by Crippen LogP contribution is 2.18. The molecule has 1 heterocycles. The number of anilines is 1. The van der Waals surface area contributed by atoms with E-state index in [1.54, 1.807) is 42.5 Å². The van der Waals surface area contributed by atoms with Crippen molar-refractivity contribution in [1.29, 1.82) is 0 Å². The molecular formula is C21H19N3O4. The first-order chi connectivity index (χ1) is 13.7. The summed E-state index contributed by atoms with van der Waals surface area (Å²) < 4.78 is 10.7. The Kier molecular flexibility index (Phi) is 6.20. The van der Waals surface area contributed by atoms with E-state index in [1.165, 1.54) is 6.07 Å². The van der Waals surface area contributed by atoms with Crippen molar-refractivity contribution in [2.45, 2.75) is 6.61 Å². The van der Waals surface area contributed by atoms with Crippen molar-refractivity contribution in [3.63, 3.8) is 0 Å². The van der Waals surface area contributed by atoms with E-state index in [-0.39, 0.29) is 24.1 Å². The minimum Gasteiger partial charge on any atom is -0.486 e. The van der Waals surface area contributed by atoms with Crippen LogP contribution in [0.4, 0.5) is 5.69 Å². The highest BCUT2D eigenvalue weighted by molar-refractivity contribution is 6.04. The highest BCUT2D eigenvalue weighted by Gasteiger charge is 2.12. The zero-order valence-electron chi connectivity index (χ0n) is 15.1. The van der Waals surface area contributed by atoms with Crippen molar-refractivity contribution >= 4 is 17.5 Å². The van der Waals surface area contributed by atoms with Crippen LogP contribution in [-0.4, -0.2) is 23.5 Å². The fourth-order valence-corrected chi connectivity index (χ4v) is 2.33. The average molecular weight is 377 g/mol. The standard InChI is InChI=1S/C21H19N3O4/c1-2-12-22-21(26)19-13-18(28-24-19)14-27-17-10-8-16(9-11-17)23-20(25)15-6-4-3-5-7-15/h2-11,13H,1,12,14H2,(H,22,26)(H,23,25). The normalized spacial score (nSPS) is 10.1. The van der Waals surface area contributed by atoms with E-state index < -0.39 is 0 Å². The lowest BCUT2D eigenvalue weighted by Gasteiger charge is -2.07. The second-order valence-electron chi connectivity index (χ2n) is 5.81. The number of carbonyl (C=O) groups is 2. The quantitative estimate of drug-likeness (QED) is 0.587. The van der Waals surface area contributed by atoms with Gasteiger partial charge in [0.15, 0.2) is 11.5 Å². The van der Waals surface area contributed by atoms with Crippen LogP contribution in [0.25, 0.3) is 0 Å². The predicted molar refractivity (Wildman–Crippen MR) is 104 cm³/mol. The van der Waals surface area contributed by atoms with Crippen molar-refractivity contribution in [3.8, 4) is 5.75 Å². The largest absolute Gasteiger partial charge is 0.486 e. The molecule has 0 fully saturated rings. The summed E-state index contributed by atoms with van der Waals surface area (Å²) in [6, 6.07) is 17.4. The minimum atomic E-state index is -0.339. The number of aromatic nitrogens is 1. The molecule has 0 spiro atoms. The lowest BCUT2D eigenvalue weighted by molar-refractivity contribution is 0.0947. The zero-order chi connectivity index (χ0) is 19.8. The molecule has 142 valence electrons. The van der Waals surface area contributed by atoms with Crippen LogP contribution in [0, 0.1) is 0 Å². The number of amides is 2. The molecule has 3 rings (SSSR count). The average Bonchev–Trinajstić information content (AvgIpc) is 3.21. The third-order valence-electron chi connectivity index (χ3n) is 3.73. The number of nitrogens with zero attached hydrogens (tertiary/aromatic N) is 1. The van der Waals surface area contributed by atoms with Gasteiger partial charge in [-0.05, 0) is 36.4 Å². The Morgan fingerprint density at radius 3 is 2.54 bits per heavy atom. The van der Waals surface area contributed by atoms with Gasteiger partial charge >= 0.3 is 0 Å². The first kappa shape index (κ1) is 18.9. The van der Waals surface area contributed by atoms with Gasteiger partial charge in [0.05, 0.1) is 0 Å². The van der Waals surface area contributed by atoms with Crippen molar-refractivity contribution in [3.05, 3.63) is 90.3 Å². The maximum atomic E-state index is 12.1. The smallest absolute Gasteiger partial charge is 0.273 e. The molecule has 0 saturated carbocycles. The molecule has 2 amide bonds. The van der Waals surface area contributed by atoms with E-state index in [1.807, 2.05) is 18.2 Å². The molecule has 3 aromatic rings. The lowest BCUT2D eigenvalue weighted by Crippen LogP contribution is -2.23. The Balaban J connectivity index is 1.52. The number of rotatable bonds is 8. The Labute approximate surface area is 162 Å². The first-order valence-electron chi connectivity index (χ1n) is 8.59. The second kappa shape index (κ2) is 9.18. The summed E-state index contributed by atoms with van der Waals surface area (Å²) in [7, 11) is 0. The van der Waals surface area contributed by atoms with Crippen LogP contribution in [0.15, 0.2) is 77.8 Å². The monoisotopic (exact) mass is 377 g/mol. The molecule has 7 heteroatoms. The van der Waals surface area contributed by atoms with Gasteiger partial charge in [0.1, 0.15) is 12.4 Å². The number of ether oxygens (including phenoxy) is 1. The molecule has 0 saturated heterocycles. The summed E-state index contributed by atoms with van der Waals surface area (Å²) in [5.74, 6) is 0.489. The topological polar surface area (TPSA) is 93.5 Å². The summed E-state index contributed by atoms with van der Waals surface area (Å²) in [4.78, 5) is 23.9. The molecule has 0 radical (unpaired) electrons. The predicted octanol–water partition coefficient (Wildman–Crippen LogP) is 3.42. The van der Waals surface area contributed by atoms with Crippen LogP contribution < -0.4 is 15.4 Å². The van der Waals surface area contributed by atoms with Gasteiger partial charge in [0.2, 0.25) is 0 Å². The molecule has 28 heavy (non-hydrogen) atoms. The molecule has 1 aromatic heterocycles. The molecular weight excluding hydrogens is 358 g/mol. The fraction of sp³-hybridized carbons (Fsp3) is 0.0952. The number of nitrogens with one attached hydrogen (secondary N) is 2. The molecule has 0 bridgehead atoms. The van der Waals surface area contributed by atoms with Gasteiger partial charge in [-0.1, -0.05) is 29.4 Å². The number of benzene rings is 2.